The molecule has 1 saturated carbocycles. The number of carboxylic acids is 1. The van der Waals surface area contributed by atoms with Crippen molar-refractivity contribution in [3.63, 3.8) is 0 Å². The van der Waals surface area contributed by atoms with Gasteiger partial charge in [0.05, 0.1) is 18.6 Å². The van der Waals surface area contributed by atoms with Crippen LogP contribution in [-0.2, 0) is 4.79 Å². The molecule has 5 heteroatoms. The van der Waals surface area contributed by atoms with Gasteiger partial charge in [0.25, 0.3) is 0 Å². The molecule has 0 aromatic heterocycles. The average Bonchev–Trinajstić information content (AvgIpc) is 1.98. The maximum atomic E-state index is 10.3. The maximum absolute atomic E-state index is 10.3. The highest BCUT2D eigenvalue weighted by molar-refractivity contribution is 5.67. The second-order valence-corrected chi connectivity index (χ2v) is 4.46. The number of aliphatic carboxylic acids is 1. The third-order valence-corrected chi connectivity index (χ3v) is 2.71. The van der Waals surface area contributed by atoms with E-state index in [0.717, 1.165) is 19.4 Å². The van der Waals surface area contributed by atoms with Gasteiger partial charge >= 0.3 is 5.97 Å². The molecule has 1 rings (SSSR count). The van der Waals surface area contributed by atoms with E-state index in [2.05, 4.69) is 0 Å². The molecule has 5 nitrogen and oxygen atoms in total. The van der Waals surface area contributed by atoms with Crippen molar-refractivity contribution in [1.82, 2.24) is 4.90 Å². The zero-order chi connectivity index (χ0) is 11.4. The van der Waals surface area contributed by atoms with E-state index in [1.54, 1.807) is 0 Å². The summed E-state index contributed by atoms with van der Waals surface area (Å²) in [6, 6.07) is 0. The van der Waals surface area contributed by atoms with Gasteiger partial charge in [-0.3, -0.25) is 4.79 Å². The van der Waals surface area contributed by atoms with Crippen LogP contribution in [0.25, 0.3) is 0 Å². The molecular formula is C10H19NO4. The summed E-state index contributed by atoms with van der Waals surface area (Å²) in [6.07, 6.45) is 0.459. The standard InChI is InChI=1S/C10H19NO4/c1-11(5-7-2-8(12)3-7)6-9(13)4-10(14)15/h7-9,12-13H,2-6H2,1H3,(H,14,15). The second-order valence-electron chi connectivity index (χ2n) is 4.46. The number of aliphatic hydroxyl groups is 2. The van der Waals surface area contributed by atoms with Gasteiger partial charge in [-0.2, -0.15) is 0 Å². The molecule has 88 valence electrons. The Morgan fingerprint density at radius 2 is 2.13 bits per heavy atom. The number of hydrogen-bond acceptors (Lipinski definition) is 4. The molecule has 0 spiro atoms. The Hall–Kier alpha value is -0.650. The zero-order valence-corrected chi connectivity index (χ0v) is 8.96. The molecule has 15 heavy (non-hydrogen) atoms. The molecule has 0 aromatic rings. The normalized spacial score (nSPS) is 27.5. The molecule has 0 radical (unpaired) electrons. The molecule has 0 aromatic carbocycles. The lowest BCUT2D eigenvalue weighted by Crippen LogP contribution is -2.40. The quantitative estimate of drug-likeness (QED) is 0.560. The summed E-state index contributed by atoms with van der Waals surface area (Å²) in [5, 5.41) is 26.9. The van der Waals surface area contributed by atoms with Gasteiger partial charge in [0, 0.05) is 13.1 Å². The molecule has 1 unspecified atom stereocenters. The van der Waals surface area contributed by atoms with E-state index in [9.17, 15) is 9.90 Å². The van der Waals surface area contributed by atoms with E-state index < -0.39 is 12.1 Å². The number of nitrogens with zero attached hydrogens (tertiary/aromatic N) is 1. The van der Waals surface area contributed by atoms with Crippen LogP contribution in [0.3, 0.4) is 0 Å². The topological polar surface area (TPSA) is 81.0 Å². The highest BCUT2D eigenvalue weighted by Gasteiger charge is 2.28. The zero-order valence-electron chi connectivity index (χ0n) is 8.96. The van der Waals surface area contributed by atoms with E-state index >= 15 is 0 Å². The van der Waals surface area contributed by atoms with E-state index in [4.69, 9.17) is 10.2 Å². The molecule has 0 bridgehead atoms. The van der Waals surface area contributed by atoms with Crippen LogP contribution in [0.4, 0.5) is 0 Å². The summed E-state index contributed by atoms with van der Waals surface area (Å²) in [5.74, 6) is -0.489. The number of hydrogen-bond donors (Lipinski definition) is 3. The van der Waals surface area contributed by atoms with Crippen LogP contribution in [0.2, 0.25) is 0 Å². The minimum atomic E-state index is -0.977. The van der Waals surface area contributed by atoms with Gasteiger partial charge in [-0.25, -0.2) is 0 Å². The third kappa shape index (κ3) is 4.59. The van der Waals surface area contributed by atoms with E-state index in [0.29, 0.717) is 12.5 Å². The Morgan fingerprint density at radius 1 is 1.53 bits per heavy atom. The first-order chi connectivity index (χ1) is 6.97. The molecule has 1 aliphatic rings. The number of aliphatic hydroxyl groups excluding tert-OH is 2. The number of rotatable bonds is 6. The highest BCUT2D eigenvalue weighted by Crippen LogP contribution is 2.27. The van der Waals surface area contributed by atoms with E-state index in [-0.39, 0.29) is 12.5 Å². The van der Waals surface area contributed by atoms with E-state index in [1.165, 1.54) is 0 Å². The Balaban J connectivity index is 2.12. The monoisotopic (exact) mass is 217 g/mol. The van der Waals surface area contributed by atoms with Gasteiger partial charge in [0.2, 0.25) is 0 Å². The molecule has 1 fully saturated rings. The van der Waals surface area contributed by atoms with Crippen LogP contribution in [0.1, 0.15) is 19.3 Å². The predicted octanol–water partition coefficient (Wildman–Crippen LogP) is -0.475. The Kier molecular flexibility index (Phi) is 4.50. The fraction of sp³-hybridized carbons (Fsp3) is 0.900. The summed E-state index contributed by atoms with van der Waals surface area (Å²) in [4.78, 5) is 12.2. The van der Waals surface area contributed by atoms with Crippen molar-refractivity contribution in [3.8, 4) is 0 Å². The molecule has 1 aliphatic carbocycles. The summed E-state index contributed by atoms with van der Waals surface area (Å²) >= 11 is 0. The fourth-order valence-electron chi connectivity index (χ4n) is 1.99. The summed E-state index contributed by atoms with van der Waals surface area (Å²) in [7, 11) is 1.86. The average molecular weight is 217 g/mol. The Labute approximate surface area is 89.3 Å². The minimum Gasteiger partial charge on any atom is -0.481 e. The molecular weight excluding hydrogens is 198 g/mol. The van der Waals surface area contributed by atoms with Crippen molar-refractivity contribution in [3.05, 3.63) is 0 Å². The minimum absolute atomic E-state index is 0.160. The summed E-state index contributed by atoms with van der Waals surface area (Å²) < 4.78 is 0. The van der Waals surface area contributed by atoms with Gasteiger partial charge < -0.3 is 20.2 Å². The molecule has 0 heterocycles. The molecule has 0 aliphatic heterocycles. The first kappa shape index (κ1) is 12.4. The van der Waals surface area contributed by atoms with Crippen molar-refractivity contribution in [1.29, 1.82) is 0 Å². The van der Waals surface area contributed by atoms with Crippen molar-refractivity contribution in [2.75, 3.05) is 20.1 Å². The smallest absolute Gasteiger partial charge is 0.306 e. The molecule has 1 atom stereocenters. The Bertz CT molecular complexity index is 215. The first-order valence-corrected chi connectivity index (χ1v) is 5.24. The number of carbonyl (C=O) groups is 1. The van der Waals surface area contributed by atoms with Crippen molar-refractivity contribution in [2.45, 2.75) is 31.5 Å². The lowest BCUT2D eigenvalue weighted by Gasteiger charge is -2.34. The number of carboxylic acid groups (broad SMARTS) is 1. The maximum Gasteiger partial charge on any atom is 0.306 e. The molecule has 0 saturated heterocycles. The van der Waals surface area contributed by atoms with Gasteiger partial charge in [-0.1, -0.05) is 0 Å². The predicted molar refractivity (Wildman–Crippen MR) is 54.5 cm³/mol. The van der Waals surface area contributed by atoms with Crippen LogP contribution in [-0.4, -0.2) is 58.5 Å². The second kappa shape index (κ2) is 5.44. The number of likely N-dealkylation sites (N-methyl/N-ethyl adjacent to an activating group) is 1. The highest BCUT2D eigenvalue weighted by atomic mass is 16.4. The first-order valence-electron chi connectivity index (χ1n) is 5.24. The molecule has 0 amide bonds. The summed E-state index contributed by atoms with van der Waals surface area (Å²) in [5.41, 5.74) is 0. The van der Waals surface area contributed by atoms with Crippen LogP contribution in [0, 0.1) is 5.92 Å². The van der Waals surface area contributed by atoms with Crippen LogP contribution in [0.5, 0.6) is 0 Å². The van der Waals surface area contributed by atoms with E-state index in [1.807, 2.05) is 11.9 Å². The summed E-state index contributed by atoms with van der Waals surface area (Å²) in [6.45, 7) is 1.19. The Morgan fingerprint density at radius 3 is 2.60 bits per heavy atom. The van der Waals surface area contributed by atoms with Crippen molar-refractivity contribution < 1.29 is 20.1 Å². The van der Waals surface area contributed by atoms with Crippen molar-refractivity contribution >= 4 is 5.97 Å². The van der Waals surface area contributed by atoms with Gasteiger partial charge in [-0.15, -0.1) is 0 Å². The van der Waals surface area contributed by atoms with Crippen LogP contribution in [0.15, 0.2) is 0 Å². The van der Waals surface area contributed by atoms with Crippen molar-refractivity contribution in [2.24, 2.45) is 5.92 Å². The lowest BCUT2D eigenvalue weighted by molar-refractivity contribution is -0.139. The third-order valence-electron chi connectivity index (χ3n) is 2.71. The van der Waals surface area contributed by atoms with Gasteiger partial charge in [0.1, 0.15) is 0 Å². The van der Waals surface area contributed by atoms with Crippen LogP contribution < -0.4 is 0 Å². The van der Waals surface area contributed by atoms with Gasteiger partial charge in [-0.05, 0) is 25.8 Å². The van der Waals surface area contributed by atoms with Crippen LogP contribution >= 0.6 is 0 Å². The largest absolute Gasteiger partial charge is 0.481 e. The van der Waals surface area contributed by atoms with Gasteiger partial charge in [0.15, 0.2) is 0 Å². The fourth-order valence-corrected chi connectivity index (χ4v) is 1.99. The lowest BCUT2D eigenvalue weighted by atomic mass is 9.82. The molecule has 3 N–H and O–H groups in total. The SMILES string of the molecule is CN(CC(O)CC(=O)O)CC1CC(O)C1.